The molecule has 0 radical (unpaired) electrons. The summed E-state index contributed by atoms with van der Waals surface area (Å²) in [5.74, 6) is 0.400. The quantitative estimate of drug-likeness (QED) is 0.884. The molecule has 2 amide bonds. The molecule has 1 N–H and O–H groups in total. The van der Waals surface area contributed by atoms with Gasteiger partial charge in [-0.05, 0) is 49.4 Å². The van der Waals surface area contributed by atoms with Crippen LogP contribution in [0.3, 0.4) is 0 Å². The standard InChI is InChI=1S/C23H26N2O2/c1-16-5-4-6-17(13-16)14-22(26)24-20-10-9-18-11-12-25(21(18)15-20)23(27)19-7-2-3-8-19/h4-6,9-10,13,15,19H,2-3,7-8,11-12,14H2,1H3,(H,24,26). The van der Waals surface area contributed by atoms with Gasteiger partial charge in [-0.1, -0.05) is 48.7 Å². The number of carbonyl (C=O) groups is 2. The van der Waals surface area contributed by atoms with E-state index in [-0.39, 0.29) is 17.7 Å². The molecule has 0 bridgehead atoms. The summed E-state index contributed by atoms with van der Waals surface area (Å²) < 4.78 is 0. The fourth-order valence-corrected chi connectivity index (χ4v) is 4.29. The third-order valence-electron chi connectivity index (χ3n) is 5.68. The Morgan fingerprint density at radius 1 is 1.11 bits per heavy atom. The molecule has 4 heteroatoms. The fourth-order valence-electron chi connectivity index (χ4n) is 4.29. The van der Waals surface area contributed by atoms with Crippen LogP contribution in [-0.2, 0) is 22.4 Å². The number of benzene rings is 2. The Bertz CT molecular complexity index is 868. The van der Waals surface area contributed by atoms with Crippen LogP contribution in [0, 0.1) is 12.8 Å². The van der Waals surface area contributed by atoms with Gasteiger partial charge in [0.25, 0.3) is 0 Å². The summed E-state index contributed by atoms with van der Waals surface area (Å²) in [6.45, 7) is 2.78. The van der Waals surface area contributed by atoms with Crippen LogP contribution in [-0.4, -0.2) is 18.4 Å². The Hall–Kier alpha value is -2.62. The van der Waals surface area contributed by atoms with E-state index in [1.54, 1.807) is 0 Å². The molecule has 1 saturated carbocycles. The number of hydrogen-bond acceptors (Lipinski definition) is 2. The Labute approximate surface area is 160 Å². The first-order chi connectivity index (χ1) is 13.1. The average molecular weight is 362 g/mol. The van der Waals surface area contributed by atoms with Gasteiger partial charge in [-0.15, -0.1) is 0 Å². The van der Waals surface area contributed by atoms with Gasteiger partial charge in [-0.3, -0.25) is 9.59 Å². The summed E-state index contributed by atoms with van der Waals surface area (Å²) in [6, 6.07) is 13.9. The highest BCUT2D eigenvalue weighted by molar-refractivity contribution is 5.99. The molecular weight excluding hydrogens is 336 g/mol. The second-order valence-electron chi connectivity index (χ2n) is 7.78. The number of nitrogens with zero attached hydrogens (tertiary/aromatic N) is 1. The molecule has 0 atom stereocenters. The molecule has 2 aliphatic rings. The first kappa shape index (κ1) is 17.8. The van der Waals surface area contributed by atoms with Gasteiger partial charge in [0.05, 0.1) is 6.42 Å². The lowest BCUT2D eigenvalue weighted by molar-refractivity contribution is -0.122. The van der Waals surface area contributed by atoms with Crippen LogP contribution >= 0.6 is 0 Å². The summed E-state index contributed by atoms with van der Waals surface area (Å²) in [5.41, 5.74) is 5.08. The largest absolute Gasteiger partial charge is 0.326 e. The van der Waals surface area contributed by atoms with E-state index in [1.807, 2.05) is 54.3 Å². The van der Waals surface area contributed by atoms with Crippen LogP contribution in [0.1, 0.15) is 42.4 Å². The van der Waals surface area contributed by atoms with Crippen molar-refractivity contribution in [1.82, 2.24) is 0 Å². The number of amides is 2. The van der Waals surface area contributed by atoms with E-state index >= 15 is 0 Å². The molecule has 1 aliphatic carbocycles. The zero-order valence-electron chi connectivity index (χ0n) is 15.8. The normalized spacial score (nSPS) is 16.4. The van der Waals surface area contributed by atoms with E-state index in [0.29, 0.717) is 6.42 Å². The molecule has 0 spiro atoms. The fraction of sp³-hybridized carbons (Fsp3) is 0.391. The van der Waals surface area contributed by atoms with E-state index in [2.05, 4.69) is 5.32 Å². The minimum Gasteiger partial charge on any atom is -0.326 e. The number of fused-ring (bicyclic) bond motifs is 1. The van der Waals surface area contributed by atoms with Gasteiger partial charge in [0.1, 0.15) is 0 Å². The highest BCUT2D eigenvalue weighted by Gasteiger charge is 2.31. The molecule has 1 heterocycles. The van der Waals surface area contributed by atoms with Gasteiger partial charge < -0.3 is 10.2 Å². The molecule has 1 fully saturated rings. The Balaban J connectivity index is 1.46. The van der Waals surface area contributed by atoms with Crippen LogP contribution in [0.15, 0.2) is 42.5 Å². The van der Waals surface area contributed by atoms with Gasteiger partial charge in [-0.25, -0.2) is 0 Å². The van der Waals surface area contributed by atoms with Crippen LogP contribution in [0.4, 0.5) is 11.4 Å². The summed E-state index contributed by atoms with van der Waals surface area (Å²) in [7, 11) is 0. The number of anilines is 2. The summed E-state index contributed by atoms with van der Waals surface area (Å²) in [5, 5.41) is 2.99. The van der Waals surface area contributed by atoms with Crippen molar-refractivity contribution >= 4 is 23.2 Å². The maximum Gasteiger partial charge on any atom is 0.230 e. The monoisotopic (exact) mass is 362 g/mol. The number of nitrogens with one attached hydrogen (secondary N) is 1. The van der Waals surface area contributed by atoms with Gasteiger partial charge in [0.2, 0.25) is 11.8 Å². The highest BCUT2D eigenvalue weighted by Crippen LogP contribution is 2.35. The van der Waals surface area contributed by atoms with Crippen molar-refractivity contribution in [3.63, 3.8) is 0 Å². The predicted octanol–water partition coefficient (Wildman–Crippen LogP) is 4.26. The molecule has 27 heavy (non-hydrogen) atoms. The molecule has 0 saturated heterocycles. The summed E-state index contributed by atoms with van der Waals surface area (Å²) in [4.78, 5) is 27.2. The first-order valence-corrected chi connectivity index (χ1v) is 9.90. The van der Waals surface area contributed by atoms with Crippen molar-refractivity contribution in [2.45, 2.75) is 45.4 Å². The average Bonchev–Trinajstić information content (AvgIpc) is 3.31. The van der Waals surface area contributed by atoms with Gasteiger partial charge >= 0.3 is 0 Å². The van der Waals surface area contributed by atoms with E-state index in [0.717, 1.165) is 61.2 Å². The van der Waals surface area contributed by atoms with Crippen molar-refractivity contribution in [3.05, 3.63) is 59.2 Å². The first-order valence-electron chi connectivity index (χ1n) is 9.90. The second kappa shape index (κ2) is 7.55. The van der Waals surface area contributed by atoms with Gasteiger partial charge in [0, 0.05) is 23.8 Å². The molecule has 4 nitrogen and oxygen atoms in total. The van der Waals surface area contributed by atoms with E-state index in [9.17, 15) is 9.59 Å². The summed E-state index contributed by atoms with van der Waals surface area (Å²) in [6.07, 6.45) is 5.59. The van der Waals surface area contributed by atoms with Crippen LogP contribution in [0.25, 0.3) is 0 Å². The number of aryl methyl sites for hydroxylation is 1. The zero-order valence-corrected chi connectivity index (χ0v) is 15.8. The van der Waals surface area contributed by atoms with Crippen LogP contribution < -0.4 is 10.2 Å². The van der Waals surface area contributed by atoms with E-state index < -0.39 is 0 Å². The maximum absolute atomic E-state index is 12.9. The third-order valence-corrected chi connectivity index (χ3v) is 5.68. The summed E-state index contributed by atoms with van der Waals surface area (Å²) >= 11 is 0. The van der Waals surface area contributed by atoms with Crippen molar-refractivity contribution in [2.75, 3.05) is 16.8 Å². The van der Waals surface area contributed by atoms with Crippen molar-refractivity contribution < 1.29 is 9.59 Å². The zero-order chi connectivity index (χ0) is 18.8. The van der Waals surface area contributed by atoms with Crippen molar-refractivity contribution in [1.29, 1.82) is 0 Å². The smallest absolute Gasteiger partial charge is 0.230 e. The Morgan fingerprint density at radius 3 is 2.70 bits per heavy atom. The lowest BCUT2D eigenvalue weighted by Crippen LogP contribution is -2.33. The molecule has 1 aliphatic heterocycles. The number of rotatable bonds is 4. The van der Waals surface area contributed by atoms with E-state index in [1.165, 1.54) is 5.56 Å². The van der Waals surface area contributed by atoms with Crippen LogP contribution in [0.5, 0.6) is 0 Å². The highest BCUT2D eigenvalue weighted by atomic mass is 16.2. The van der Waals surface area contributed by atoms with Crippen molar-refractivity contribution in [2.24, 2.45) is 5.92 Å². The van der Waals surface area contributed by atoms with Gasteiger partial charge in [0.15, 0.2) is 0 Å². The minimum absolute atomic E-state index is 0.0350. The Kier molecular flexibility index (Phi) is 4.97. The molecule has 0 unspecified atom stereocenters. The van der Waals surface area contributed by atoms with E-state index in [4.69, 9.17) is 0 Å². The Morgan fingerprint density at radius 2 is 1.93 bits per heavy atom. The lowest BCUT2D eigenvalue weighted by Gasteiger charge is -2.21. The van der Waals surface area contributed by atoms with Gasteiger partial charge in [-0.2, -0.15) is 0 Å². The van der Waals surface area contributed by atoms with Crippen molar-refractivity contribution in [3.8, 4) is 0 Å². The third kappa shape index (κ3) is 3.90. The molecule has 2 aromatic rings. The predicted molar refractivity (Wildman–Crippen MR) is 108 cm³/mol. The molecule has 4 rings (SSSR count). The lowest BCUT2D eigenvalue weighted by atomic mass is 10.1. The molecular formula is C23H26N2O2. The van der Waals surface area contributed by atoms with Crippen LogP contribution in [0.2, 0.25) is 0 Å². The molecule has 0 aromatic heterocycles. The SMILES string of the molecule is Cc1cccc(CC(=O)Nc2ccc3c(c2)N(C(=O)C2CCCC2)CC3)c1. The number of hydrogen-bond donors (Lipinski definition) is 1. The molecule has 2 aromatic carbocycles. The second-order valence-corrected chi connectivity index (χ2v) is 7.78. The molecule has 140 valence electrons. The minimum atomic E-state index is -0.0350. The topological polar surface area (TPSA) is 49.4 Å². The maximum atomic E-state index is 12.9. The number of carbonyl (C=O) groups excluding carboxylic acids is 2.